The summed E-state index contributed by atoms with van der Waals surface area (Å²) in [5, 5.41) is 20.7. The zero-order valence-electron chi connectivity index (χ0n) is 20.1. The molecule has 0 atom stereocenters. The second kappa shape index (κ2) is 12.3. The van der Waals surface area contributed by atoms with Gasteiger partial charge in [0.15, 0.2) is 0 Å². The lowest BCUT2D eigenvalue weighted by Crippen LogP contribution is -2.48. The maximum atomic E-state index is 12.6. The zero-order valence-corrected chi connectivity index (χ0v) is 20.9. The van der Waals surface area contributed by atoms with Crippen LogP contribution in [0.15, 0.2) is 29.6 Å². The monoisotopic (exact) mass is 530 g/mol. The number of anilines is 1. The van der Waals surface area contributed by atoms with Gasteiger partial charge in [-0.15, -0.1) is 11.3 Å². The molecule has 1 fully saturated rings. The fourth-order valence-corrected chi connectivity index (χ4v) is 4.23. The molecule has 0 unspecified atom stereocenters. The molecule has 3 N–H and O–H groups in total. The number of rotatable bonds is 5. The number of nitrogens with zero attached hydrogens (tertiary/aromatic N) is 3. The van der Waals surface area contributed by atoms with E-state index in [2.05, 4.69) is 41.3 Å². The second-order valence-corrected chi connectivity index (χ2v) is 10.1. The molecule has 0 radical (unpaired) electrons. The molecule has 0 spiro atoms. The van der Waals surface area contributed by atoms with Crippen LogP contribution in [0.2, 0.25) is 0 Å². The van der Waals surface area contributed by atoms with E-state index in [1.807, 2.05) is 0 Å². The van der Waals surface area contributed by atoms with Crippen LogP contribution < -0.4 is 5.32 Å². The molecule has 9 nitrogen and oxygen atoms in total. The summed E-state index contributed by atoms with van der Waals surface area (Å²) in [4.78, 5) is 39.6. The van der Waals surface area contributed by atoms with Gasteiger partial charge in [0.25, 0.3) is 0 Å². The maximum absolute atomic E-state index is 12.6. The number of carbonyl (C=O) groups excluding carboxylic acids is 1. The van der Waals surface area contributed by atoms with Crippen LogP contribution in [0.25, 0.3) is 0 Å². The minimum atomic E-state index is -4.38. The highest BCUT2D eigenvalue weighted by atomic mass is 32.1. The summed E-state index contributed by atoms with van der Waals surface area (Å²) in [6.07, 6.45) is -4.38. The molecule has 2 aromatic rings. The van der Waals surface area contributed by atoms with Crippen molar-refractivity contribution in [2.24, 2.45) is 0 Å². The summed E-state index contributed by atoms with van der Waals surface area (Å²) >= 11 is 1.68. The summed E-state index contributed by atoms with van der Waals surface area (Å²) < 4.78 is 37.8. The molecule has 36 heavy (non-hydrogen) atoms. The third-order valence-electron chi connectivity index (χ3n) is 5.19. The number of thiazole rings is 1. The normalized spacial score (nSPS) is 15.1. The number of hydrogen-bond acceptors (Lipinski definition) is 7. The van der Waals surface area contributed by atoms with Gasteiger partial charge in [0.1, 0.15) is 5.01 Å². The lowest BCUT2D eigenvalue weighted by atomic mass is 9.93. The first-order valence-corrected chi connectivity index (χ1v) is 11.9. The molecule has 2 heterocycles. The van der Waals surface area contributed by atoms with Crippen LogP contribution in [0, 0.1) is 0 Å². The molecule has 1 aromatic carbocycles. The number of piperazine rings is 1. The highest BCUT2D eigenvalue weighted by Gasteiger charge is 2.30. The van der Waals surface area contributed by atoms with Gasteiger partial charge in [0, 0.05) is 42.7 Å². The number of nitrogens with one attached hydrogen (secondary N) is 1. The van der Waals surface area contributed by atoms with Crippen molar-refractivity contribution in [1.82, 2.24) is 14.8 Å². The number of carboxylic acid groups (broad SMARTS) is 2. The van der Waals surface area contributed by atoms with Crippen LogP contribution >= 0.6 is 11.3 Å². The average molecular weight is 531 g/mol. The highest BCUT2D eigenvalue weighted by molar-refractivity contribution is 7.09. The Kier molecular flexibility index (Phi) is 9.96. The Morgan fingerprint density at radius 3 is 1.94 bits per heavy atom. The Bertz CT molecular complexity index is 1030. The van der Waals surface area contributed by atoms with Crippen molar-refractivity contribution in [3.8, 4) is 0 Å². The van der Waals surface area contributed by atoms with Crippen molar-refractivity contribution in [2.45, 2.75) is 38.9 Å². The fraction of sp³-hybridized carbons (Fsp3) is 0.478. The van der Waals surface area contributed by atoms with Crippen molar-refractivity contribution >= 4 is 34.9 Å². The molecule has 3 rings (SSSR count). The van der Waals surface area contributed by atoms with Crippen LogP contribution in [0.4, 0.5) is 18.9 Å². The topological polar surface area (TPSA) is 123 Å². The Balaban J connectivity index is 0.000000678. The Morgan fingerprint density at radius 2 is 1.50 bits per heavy atom. The Morgan fingerprint density at radius 1 is 0.972 bits per heavy atom. The summed E-state index contributed by atoms with van der Waals surface area (Å²) in [5.41, 5.74) is 0.797. The lowest BCUT2D eigenvalue weighted by molar-refractivity contribution is -0.159. The van der Waals surface area contributed by atoms with Crippen molar-refractivity contribution < 1.29 is 37.8 Å². The van der Waals surface area contributed by atoms with E-state index >= 15 is 0 Å². The molecular weight excluding hydrogens is 501 g/mol. The standard InChI is InChI=1S/C21H27F3N4OS.C2H2O4/c1-20(2,3)17-14-30-19(26-17)13-28-10-8-27(9-11-28)12-18(29)25-16-6-4-15(5-7-16)21(22,23)24;3-1(4)2(5)6/h4-7,14H,8-13H2,1-3H3,(H,25,29);(H,3,4)(H,5,6). The van der Waals surface area contributed by atoms with Crippen molar-refractivity contribution in [3.05, 3.63) is 45.9 Å². The van der Waals surface area contributed by atoms with Crippen LogP contribution in [0.5, 0.6) is 0 Å². The van der Waals surface area contributed by atoms with Gasteiger partial charge in [-0.25, -0.2) is 14.6 Å². The van der Waals surface area contributed by atoms with E-state index in [4.69, 9.17) is 24.8 Å². The minimum Gasteiger partial charge on any atom is -0.473 e. The van der Waals surface area contributed by atoms with Gasteiger partial charge in [-0.2, -0.15) is 13.2 Å². The third kappa shape index (κ3) is 9.55. The maximum Gasteiger partial charge on any atom is 0.416 e. The van der Waals surface area contributed by atoms with Crippen LogP contribution in [-0.4, -0.2) is 75.6 Å². The van der Waals surface area contributed by atoms with E-state index in [9.17, 15) is 18.0 Å². The van der Waals surface area contributed by atoms with Gasteiger partial charge >= 0.3 is 18.1 Å². The number of amides is 1. The molecule has 1 aliphatic heterocycles. The average Bonchev–Trinajstić information content (AvgIpc) is 3.24. The number of alkyl halides is 3. The third-order valence-corrected chi connectivity index (χ3v) is 6.02. The first-order valence-electron chi connectivity index (χ1n) is 11.0. The van der Waals surface area contributed by atoms with E-state index in [0.717, 1.165) is 55.6 Å². The molecule has 1 saturated heterocycles. The van der Waals surface area contributed by atoms with E-state index in [1.54, 1.807) is 11.3 Å². The lowest BCUT2D eigenvalue weighted by Gasteiger charge is -2.33. The number of benzene rings is 1. The number of aliphatic carboxylic acids is 2. The fourth-order valence-electron chi connectivity index (χ4n) is 3.17. The van der Waals surface area contributed by atoms with Gasteiger partial charge in [-0.3, -0.25) is 14.6 Å². The van der Waals surface area contributed by atoms with E-state index in [-0.39, 0.29) is 17.9 Å². The molecule has 1 aliphatic rings. The number of carboxylic acids is 2. The van der Waals surface area contributed by atoms with Gasteiger partial charge in [0.2, 0.25) is 5.91 Å². The van der Waals surface area contributed by atoms with Crippen molar-refractivity contribution in [3.63, 3.8) is 0 Å². The number of hydrogen-bond donors (Lipinski definition) is 3. The van der Waals surface area contributed by atoms with Crippen molar-refractivity contribution in [1.29, 1.82) is 0 Å². The number of aromatic nitrogens is 1. The van der Waals surface area contributed by atoms with Gasteiger partial charge in [0.05, 0.1) is 24.3 Å². The second-order valence-electron chi connectivity index (χ2n) is 9.16. The van der Waals surface area contributed by atoms with Crippen molar-refractivity contribution in [2.75, 3.05) is 38.0 Å². The molecule has 1 aromatic heterocycles. The summed E-state index contributed by atoms with van der Waals surface area (Å²) in [5.74, 6) is -3.87. The summed E-state index contributed by atoms with van der Waals surface area (Å²) in [7, 11) is 0. The van der Waals surface area contributed by atoms with Crippen LogP contribution in [0.1, 0.15) is 37.0 Å². The Hall–Kier alpha value is -3.03. The zero-order chi connectivity index (χ0) is 27.1. The molecule has 13 heteroatoms. The van der Waals surface area contributed by atoms with E-state index in [1.165, 1.54) is 12.1 Å². The molecule has 1 amide bonds. The van der Waals surface area contributed by atoms with E-state index < -0.39 is 23.7 Å². The highest BCUT2D eigenvalue weighted by Crippen LogP contribution is 2.30. The largest absolute Gasteiger partial charge is 0.473 e. The Labute approximate surface area is 210 Å². The quantitative estimate of drug-likeness (QED) is 0.503. The summed E-state index contributed by atoms with van der Waals surface area (Å²) in [6.45, 7) is 10.7. The van der Waals surface area contributed by atoms with Crippen LogP contribution in [0.3, 0.4) is 0 Å². The predicted octanol–water partition coefficient (Wildman–Crippen LogP) is 3.37. The van der Waals surface area contributed by atoms with Gasteiger partial charge in [-0.1, -0.05) is 20.8 Å². The predicted molar refractivity (Wildman–Crippen MR) is 128 cm³/mol. The van der Waals surface area contributed by atoms with E-state index in [0.29, 0.717) is 5.69 Å². The molecular formula is C23H29F3N4O5S. The SMILES string of the molecule is CC(C)(C)c1csc(CN2CCN(CC(=O)Nc3ccc(C(F)(F)F)cc3)CC2)n1.O=C(O)C(=O)O. The first kappa shape index (κ1) is 29.2. The smallest absolute Gasteiger partial charge is 0.416 e. The first-order chi connectivity index (χ1) is 16.6. The van der Waals surface area contributed by atoms with Crippen LogP contribution in [-0.2, 0) is 32.5 Å². The number of halogens is 3. The van der Waals surface area contributed by atoms with Gasteiger partial charge < -0.3 is 15.5 Å². The summed E-state index contributed by atoms with van der Waals surface area (Å²) in [6, 6.07) is 4.49. The molecule has 198 valence electrons. The molecule has 0 aliphatic carbocycles. The number of carbonyl (C=O) groups is 3. The van der Waals surface area contributed by atoms with Gasteiger partial charge in [-0.05, 0) is 24.3 Å². The molecule has 0 bridgehead atoms. The molecule has 0 saturated carbocycles. The minimum absolute atomic E-state index is 0.0495.